The molecular formula is C16H15N5O3. The van der Waals surface area contributed by atoms with Gasteiger partial charge in [0.1, 0.15) is 12.6 Å². The molecule has 3 aromatic rings. The van der Waals surface area contributed by atoms with Crippen LogP contribution >= 0.6 is 0 Å². The van der Waals surface area contributed by atoms with E-state index in [-0.39, 0.29) is 12.3 Å². The molecule has 0 radical (unpaired) electrons. The van der Waals surface area contributed by atoms with Crippen LogP contribution in [-0.4, -0.2) is 43.2 Å². The van der Waals surface area contributed by atoms with Crippen LogP contribution in [0.2, 0.25) is 0 Å². The van der Waals surface area contributed by atoms with Gasteiger partial charge >= 0.3 is 0 Å². The Balaban J connectivity index is 1.64. The number of carbonyl (C=O) groups is 1. The third-order valence-electron chi connectivity index (χ3n) is 3.77. The average molecular weight is 326 g/mol. The van der Waals surface area contributed by atoms with E-state index in [1.54, 1.807) is 28.8 Å². The lowest BCUT2D eigenvalue weighted by molar-refractivity contribution is 0.0502. The van der Waals surface area contributed by atoms with Crippen molar-refractivity contribution < 1.29 is 16.0 Å². The fourth-order valence-corrected chi connectivity index (χ4v) is 2.60. The summed E-state index contributed by atoms with van der Waals surface area (Å²) in [6, 6.07) is 8.79. The molecule has 8 nitrogen and oxygen atoms in total. The number of rotatable bonds is 3. The van der Waals surface area contributed by atoms with Gasteiger partial charge in [0.15, 0.2) is 17.0 Å². The summed E-state index contributed by atoms with van der Waals surface area (Å²) in [6.07, 6.45) is 1.71. The summed E-state index contributed by atoms with van der Waals surface area (Å²) in [5.74, 6) is -0.00696. The maximum atomic E-state index is 12.3. The molecule has 1 fully saturated rings. The van der Waals surface area contributed by atoms with Gasteiger partial charge in [0.2, 0.25) is 0 Å². The molecule has 0 spiro atoms. The molecule has 2 aromatic heterocycles. The van der Waals surface area contributed by atoms with Crippen molar-refractivity contribution in [1.29, 1.82) is 0 Å². The normalized spacial score (nSPS) is 24.0. The first-order valence-electron chi connectivity index (χ1n) is 8.01. The summed E-state index contributed by atoms with van der Waals surface area (Å²) in [5, 5.41) is 12.4. The molecule has 8 heteroatoms. The minimum Gasteiger partial charge on any atom is -0.391 e. The van der Waals surface area contributed by atoms with E-state index in [4.69, 9.17) is 6.11 Å². The number of amides is 1. The number of anilines is 1. The van der Waals surface area contributed by atoms with Gasteiger partial charge in [-0.25, -0.2) is 15.0 Å². The second kappa shape index (κ2) is 5.99. The molecule has 24 heavy (non-hydrogen) atoms. The molecule has 3 heterocycles. The molecule has 1 saturated heterocycles. The predicted octanol–water partition coefficient (Wildman–Crippen LogP) is 1.36. The molecule has 1 aliphatic rings. The highest BCUT2D eigenvalue weighted by Gasteiger charge is 2.27. The third kappa shape index (κ3) is 2.61. The molecule has 1 aliphatic heterocycles. The maximum absolute atomic E-state index is 12.3. The van der Waals surface area contributed by atoms with Crippen molar-refractivity contribution in [2.75, 3.05) is 11.9 Å². The van der Waals surface area contributed by atoms with Crippen molar-refractivity contribution in [2.45, 2.75) is 18.8 Å². The summed E-state index contributed by atoms with van der Waals surface area (Å²) in [6.45, 7) is -0.999. The monoisotopic (exact) mass is 326 g/mol. The van der Waals surface area contributed by atoms with Crippen LogP contribution in [-0.2, 0) is 4.74 Å². The topological polar surface area (TPSA) is 102 Å². The summed E-state index contributed by atoms with van der Waals surface area (Å²) in [4.78, 5) is 24.9. The Morgan fingerprint density at radius 2 is 2.17 bits per heavy atom. The van der Waals surface area contributed by atoms with Gasteiger partial charge in [0, 0.05) is 12.0 Å². The number of imidazole rings is 1. The van der Waals surface area contributed by atoms with Gasteiger partial charge in [0.05, 0.1) is 20.4 Å². The fraction of sp³-hybridized carbons (Fsp3) is 0.250. The first-order chi connectivity index (χ1) is 12.1. The molecule has 1 amide bonds. The minimum absolute atomic E-state index is 0.273. The van der Waals surface area contributed by atoms with Crippen LogP contribution in [0.15, 0.2) is 43.0 Å². The zero-order chi connectivity index (χ0) is 17.4. The van der Waals surface area contributed by atoms with Gasteiger partial charge in [-0.3, -0.25) is 9.36 Å². The van der Waals surface area contributed by atoms with Gasteiger partial charge < -0.3 is 15.2 Å². The molecule has 0 aliphatic carbocycles. The second-order valence-electron chi connectivity index (χ2n) is 5.40. The van der Waals surface area contributed by atoms with Gasteiger partial charge in [0.25, 0.3) is 5.91 Å². The average Bonchev–Trinajstić information content (AvgIpc) is 3.20. The summed E-state index contributed by atoms with van der Waals surface area (Å²) < 4.78 is 14.7. The number of aromatic nitrogens is 4. The highest BCUT2D eigenvalue weighted by molar-refractivity contribution is 6.06. The van der Waals surface area contributed by atoms with E-state index in [0.717, 1.165) is 0 Å². The van der Waals surface area contributed by atoms with Crippen molar-refractivity contribution >= 4 is 22.9 Å². The van der Waals surface area contributed by atoms with E-state index >= 15 is 0 Å². The van der Waals surface area contributed by atoms with Crippen LogP contribution in [0.5, 0.6) is 0 Å². The Kier molecular flexibility index (Phi) is 3.39. The highest BCUT2D eigenvalue weighted by Crippen LogP contribution is 2.28. The molecule has 0 unspecified atom stereocenters. The van der Waals surface area contributed by atoms with Crippen LogP contribution in [0, 0.1) is 0 Å². The van der Waals surface area contributed by atoms with E-state index < -0.39 is 18.9 Å². The molecule has 0 bridgehead atoms. The number of carbonyl (C=O) groups excluding carboxylic acids is 1. The van der Waals surface area contributed by atoms with Gasteiger partial charge in [-0.2, -0.15) is 0 Å². The van der Waals surface area contributed by atoms with Gasteiger partial charge in [-0.1, -0.05) is 18.2 Å². The lowest BCUT2D eigenvalue weighted by atomic mass is 10.2. The summed E-state index contributed by atoms with van der Waals surface area (Å²) in [5.41, 5.74) is 1.39. The van der Waals surface area contributed by atoms with Crippen LogP contribution < -0.4 is 5.32 Å². The van der Waals surface area contributed by atoms with E-state index in [0.29, 0.717) is 22.5 Å². The smallest absolute Gasteiger partial charge is 0.256 e. The molecule has 4 rings (SSSR count). The van der Waals surface area contributed by atoms with E-state index in [1.807, 2.05) is 6.07 Å². The standard InChI is InChI=1S/C16H15N5O3/c22-11-6-12(24-7-11)21-9-19-13-14(17-8-18-15(13)21)20-16(23)10-4-2-1-3-5-10/h1-5,8-9,11-12,22H,6-7H2,(H,17,18,20,23)/t11-,12+/m0/s1/i7D/t7-,11+,12-/m1. The number of nitrogens with zero attached hydrogens (tertiary/aromatic N) is 4. The number of aliphatic hydroxyl groups is 1. The largest absolute Gasteiger partial charge is 0.391 e. The molecule has 1 aromatic carbocycles. The predicted molar refractivity (Wildman–Crippen MR) is 85.3 cm³/mol. The lowest BCUT2D eigenvalue weighted by Crippen LogP contribution is -2.13. The number of hydrogen-bond acceptors (Lipinski definition) is 6. The number of fused-ring (bicyclic) bond motifs is 1. The van der Waals surface area contributed by atoms with Crippen LogP contribution in [0.25, 0.3) is 11.2 Å². The van der Waals surface area contributed by atoms with Gasteiger partial charge in [-0.15, -0.1) is 0 Å². The number of ether oxygens (including phenoxy) is 1. The van der Waals surface area contributed by atoms with E-state index in [2.05, 4.69) is 20.3 Å². The second-order valence-corrected chi connectivity index (χ2v) is 5.40. The zero-order valence-corrected chi connectivity index (χ0v) is 12.5. The number of hydrogen-bond donors (Lipinski definition) is 2. The lowest BCUT2D eigenvalue weighted by Gasteiger charge is -2.11. The summed E-state index contributed by atoms with van der Waals surface area (Å²) >= 11 is 0. The van der Waals surface area contributed by atoms with E-state index in [1.165, 1.54) is 12.7 Å². The Morgan fingerprint density at radius 3 is 2.92 bits per heavy atom. The molecule has 0 saturated carbocycles. The SMILES string of the molecule is [2H][C@H]1O[C@@H](n2cnc3c(NC(=O)c4ccccc4)ncnc32)C[C@@H]1O. The van der Waals surface area contributed by atoms with E-state index in [9.17, 15) is 9.90 Å². The van der Waals surface area contributed by atoms with Gasteiger partial charge in [-0.05, 0) is 12.1 Å². The fourth-order valence-electron chi connectivity index (χ4n) is 2.60. The molecule has 122 valence electrons. The van der Waals surface area contributed by atoms with Crippen LogP contribution in [0.4, 0.5) is 5.82 Å². The quantitative estimate of drug-likeness (QED) is 0.753. The highest BCUT2D eigenvalue weighted by atomic mass is 16.5. The van der Waals surface area contributed by atoms with Crippen molar-refractivity contribution in [3.8, 4) is 0 Å². The van der Waals surface area contributed by atoms with Crippen LogP contribution in [0.3, 0.4) is 0 Å². The number of nitrogens with one attached hydrogen (secondary N) is 1. The van der Waals surface area contributed by atoms with Crippen molar-refractivity contribution in [1.82, 2.24) is 19.5 Å². The zero-order valence-electron chi connectivity index (χ0n) is 13.5. The first-order valence-corrected chi connectivity index (χ1v) is 7.43. The Hall–Kier alpha value is -2.84. The Morgan fingerprint density at radius 1 is 1.33 bits per heavy atom. The van der Waals surface area contributed by atoms with Crippen molar-refractivity contribution in [3.63, 3.8) is 0 Å². The first kappa shape index (κ1) is 13.6. The van der Waals surface area contributed by atoms with Crippen LogP contribution in [0.1, 0.15) is 24.4 Å². The van der Waals surface area contributed by atoms with Crippen molar-refractivity contribution in [2.24, 2.45) is 0 Å². The molecule has 2 N–H and O–H groups in total. The molecule has 3 atom stereocenters. The Bertz CT molecular complexity index is 907. The molecular weight excluding hydrogens is 310 g/mol. The number of aliphatic hydroxyl groups excluding tert-OH is 1. The number of benzene rings is 1. The maximum Gasteiger partial charge on any atom is 0.256 e. The third-order valence-corrected chi connectivity index (χ3v) is 3.77. The Labute approximate surface area is 138 Å². The minimum atomic E-state index is -0.999. The van der Waals surface area contributed by atoms with Crippen molar-refractivity contribution in [3.05, 3.63) is 48.5 Å². The summed E-state index contributed by atoms with van der Waals surface area (Å²) in [7, 11) is 0.